The van der Waals surface area contributed by atoms with Crippen LogP contribution in [0.15, 0.2) is 65.9 Å². The van der Waals surface area contributed by atoms with Gasteiger partial charge < -0.3 is 10.2 Å². The summed E-state index contributed by atoms with van der Waals surface area (Å²) in [7, 11) is 0. The molecule has 1 atom stereocenters. The van der Waals surface area contributed by atoms with Crippen LogP contribution in [0.1, 0.15) is 42.6 Å². The summed E-state index contributed by atoms with van der Waals surface area (Å²) in [4.78, 5) is 40.8. The van der Waals surface area contributed by atoms with Crippen molar-refractivity contribution in [3.05, 3.63) is 82.0 Å². The molecule has 2 aromatic rings. The molecule has 0 saturated carbocycles. The van der Waals surface area contributed by atoms with E-state index in [1.54, 1.807) is 26.0 Å². The zero-order valence-corrected chi connectivity index (χ0v) is 20.0. The van der Waals surface area contributed by atoms with Gasteiger partial charge in [-0.25, -0.2) is 0 Å². The number of carbonyl (C=O) groups is 3. The Bertz CT molecular complexity index is 1220. The number of nitrogens with one attached hydrogen (secondary N) is 1. The zero-order chi connectivity index (χ0) is 25.6. The van der Waals surface area contributed by atoms with Gasteiger partial charge in [0.1, 0.15) is 0 Å². The number of halogens is 4. The van der Waals surface area contributed by atoms with E-state index >= 15 is 0 Å². The number of carbonyl (C=O) groups excluding carboxylic acids is 3. The van der Waals surface area contributed by atoms with Crippen molar-refractivity contribution in [1.82, 2.24) is 10.2 Å². The Hall–Kier alpha value is -3.13. The van der Waals surface area contributed by atoms with E-state index in [0.29, 0.717) is 0 Å². The Morgan fingerprint density at radius 1 is 1.06 bits per heavy atom. The molecule has 1 N–H and O–H groups in total. The summed E-state index contributed by atoms with van der Waals surface area (Å²) in [6, 6.07) is 14.4. The maximum atomic E-state index is 14.8. The van der Waals surface area contributed by atoms with Crippen LogP contribution in [-0.2, 0) is 16.0 Å². The van der Waals surface area contributed by atoms with Gasteiger partial charge in [-0.1, -0.05) is 61.8 Å². The fourth-order valence-corrected chi connectivity index (χ4v) is 5.01. The van der Waals surface area contributed by atoms with Gasteiger partial charge in [0.2, 0.25) is 5.54 Å². The summed E-state index contributed by atoms with van der Waals surface area (Å²) in [6.45, 7) is 3.48. The van der Waals surface area contributed by atoms with E-state index in [9.17, 15) is 27.6 Å². The maximum Gasteiger partial charge on any atom is 0.425 e. The predicted octanol–water partition coefficient (Wildman–Crippen LogP) is 5.10. The first-order valence-corrected chi connectivity index (χ1v) is 11.5. The number of benzene rings is 2. The van der Waals surface area contributed by atoms with Crippen LogP contribution < -0.4 is 5.32 Å². The Morgan fingerprint density at radius 3 is 2.37 bits per heavy atom. The number of alkyl halides is 3. The molecule has 35 heavy (non-hydrogen) atoms. The van der Waals surface area contributed by atoms with Gasteiger partial charge in [0.15, 0.2) is 5.78 Å². The third kappa shape index (κ3) is 4.47. The first-order chi connectivity index (χ1) is 16.4. The van der Waals surface area contributed by atoms with Gasteiger partial charge in [0.25, 0.3) is 11.8 Å². The highest BCUT2D eigenvalue weighted by atomic mass is 35.5. The Balaban J connectivity index is 1.81. The van der Waals surface area contributed by atoms with E-state index in [4.69, 9.17) is 11.6 Å². The van der Waals surface area contributed by atoms with E-state index in [2.05, 4.69) is 0 Å². The van der Waals surface area contributed by atoms with Crippen molar-refractivity contribution < 1.29 is 27.6 Å². The third-order valence-electron chi connectivity index (χ3n) is 6.40. The molecule has 9 heteroatoms. The van der Waals surface area contributed by atoms with E-state index in [0.717, 1.165) is 10.5 Å². The smallest absolute Gasteiger partial charge is 0.326 e. The molecule has 2 amide bonds. The van der Waals surface area contributed by atoms with Crippen LogP contribution in [0.4, 0.5) is 13.2 Å². The molecule has 1 heterocycles. The molecular weight excluding hydrogens is 481 g/mol. The lowest BCUT2D eigenvalue weighted by Gasteiger charge is -2.35. The summed E-state index contributed by atoms with van der Waals surface area (Å²) in [5, 5.41) is 2.07. The average molecular weight is 505 g/mol. The maximum absolute atomic E-state index is 14.8. The van der Waals surface area contributed by atoms with Gasteiger partial charge in [-0.05, 0) is 42.0 Å². The number of ketones is 1. The second kappa shape index (κ2) is 8.82. The lowest BCUT2D eigenvalue weighted by molar-refractivity contribution is -0.190. The number of allylic oxidation sites excluding steroid dienone is 1. The van der Waals surface area contributed by atoms with Crippen LogP contribution in [0, 0.1) is 5.41 Å². The number of rotatable bonds is 5. The van der Waals surface area contributed by atoms with Gasteiger partial charge in [0.05, 0.1) is 5.57 Å². The molecule has 1 aliphatic carbocycles. The molecule has 5 nitrogen and oxygen atoms in total. The summed E-state index contributed by atoms with van der Waals surface area (Å²) in [5.41, 5.74) is -4.08. The summed E-state index contributed by atoms with van der Waals surface area (Å²) in [6.07, 6.45) is -5.04. The minimum Gasteiger partial charge on any atom is -0.326 e. The molecule has 0 bridgehead atoms. The molecule has 0 aromatic heterocycles. The van der Waals surface area contributed by atoms with Crippen LogP contribution in [0.25, 0.3) is 0 Å². The Morgan fingerprint density at radius 2 is 1.74 bits per heavy atom. The lowest BCUT2D eigenvalue weighted by Crippen LogP contribution is -2.66. The molecule has 2 aliphatic rings. The summed E-state index contributed by atoms with van der Waals surface area (Å²) in [5.74, 6) is -3.31. The van der Waals surface area contributed by atoms with Gasteiger partial charge >= 0.3 is 6.18 Å². The minimum absolute atomic E-state index is 0.0240. The highest BCUT2D eigenvalue weighted by Crippen LogP contribution is 2.51. The fourth-order valence-electron chi connectivity index (χ4n) is 4.82. The summed E-state index contributed by atoms with van der Waals surface area (Å²) < 4.78 is 44.5. The molecule has 1 aliphatic heterocycles. The molecule has 0 fully saturated rings. The van der Waals surface area contributed by atoms with E-state index in [-0.39, 0.29) is 42.1 Å². The third-order valence-corrected chi connectivity index (χ3v) is 6.63. The van der Waals surface area contributed by atoms with Crippen molar-refractivity contribution in [3.8, 4) is 0 Å². The lowest BCUT2D eigenvalue weighted by atomic mass is 9.72. The SMILES string of the molecule is CC1(C)CC(=O)C2=C(C1)N(CCc1ccccc1)C(=O)[C@]2(NC(=O)c1cccc(Cl)c1)C(F)(F)F. The van der Waals surface area contributed by atoms with Crippen LogP contribution >= 0.6 is 11.6 Å². The molecule has 0 saturated heterocycles. The van der Waals surface area contributed by atoms with Gasteiger partial charge in [-0.15, -0.1) is 0 Å². The second-order valence-electron chi connectivity index (χ2n) is 9.67. The van der Waals surface area contributed by atoms with Crippen LogP contribution in [0.2, 0.25) is 5.02 Å². The van der Waals surface area contributed by atoms with Crippen molar-refractivity contribution in [2.75, 3.05) is 6.54 Å². The van der Waals surface area contributed by atoms with E-state index < -0.39 is 40.3 Å². The monoisotopic (exact) mass is 504 g/mol. The van der Waals surface area contributed by atoms with Gasteiger partial charge in [0, 0.05) is 29.2 Å². The van der Waals surface area contributed by atoms with Crippen LogP contribution in [0.5, 0.6) is 0 Å². The zero-order valence-electron chi connectivity index (χ0n) is 19.2. The second-order valence-corrected chi connectivity index (χ2v) is 10.1. The van der Waals surface area contributed by atoms with Crippen molar-refractivity contribution in [2.45, 2.75) is 44.8 Å². The molecule has 0 spiro atoms. The highest BCUT2D eigenvalue weighted by molar-refractivity contribution is 6.31. The molecule has 2 aromatic carbocycles. The van der Waals surface area contributed by atoms with Crippen molar-refractivity contribution in [1.29, 1.82) is 0 Å². The highest BCUT2D eigenvalue weighted by Gasteiger charge is 2.71. The van der Waals surface area contributed by atoms with Crippen LogP contribution in [-0.4, -0.2) is 40.8 Å². The van der Waals surface area contributed by atoms with E-state index in [1.807, 2.05) is 23.5 Å². The number of amides is 2. The number of hydrogen-bond acceptors (Lipinski definition) is 3. The number of Topliss-reactive ketones (excluding diaryl/α,β-unsaturated/α-hetero) is 1. The van der Waals surface area contributed by atoms with Crippen molar-refractivity contribution >= 4 is 29.2 Å². The standard InChI is InChI=1S/C26H24ClF3N2O3/c1-24(2)14-19-21(20(33)15-24)25(26(28,29)30,31-22(34)17-9-6-10-18(27)13-17)23(35)32(19)12-11-16-7-4-3-5-8-16/h3-10,13H,11-12,14-15H2,1-2H3,(H,31,34)/t25-/m0/s1. The average Bonchev–Trinajstić information content (AvgIpc) is 3.00. The molecular formula is C26H24ClF3N2O3. The minimum atomic E-state index is -5.25. The van der Waals surface area contributed by atoms with Crippen LogP contribution in [0.3, 0.4) is 0 Å². The predicted molar refractivity (Wildman–Crippen MR) is 125 cm³/mol. The molecule has 0 radical (unpaired) electrons. The largest absolute Gasteiger partial charge is 0.425 e. The number of nitrogens with zero attached hydrogens (tertiary/aromatic N) is 1. The van der Waals surface area contributed by atoms with Gasteiger partial charge in [-0.3, -0.25) is 14.4 Å². The molecule has 184 valence electrons. The summed E-state index contributed by atoms with van der Waals surface area (Å²) >= 11 is 5.91. The van der Waals surface area contributed by atoms with Gasteiger partial charge in [-0.2, -0.15) is 13.2 Å². The fraction of sp³-hybridized carbons (Fsp3) is 0.346. The Labute approximate surface area is 205 Å². The molecule has 4 rings (SSSR count). The van der Waals surface area contributed by atoms with Crippen molar-refractivity contribution in [3.63, 3.8) is 0 Å². The first-order valence-electron chi connectivity index (χ1n) is 11.1. The number of hydrogen-bond donors (Lipinski definition) is 1. The molecule has 0 unspecified atom stereocenters. The topological polar surface area (TPSA) is 66.5 Å². The Kier molecular flexibility index (Phi) is 6.30. The normalized spacial score (nSPS) is 21.8. The quantitative estimate of drug-likeness (QED) is 0.616. The van der Waals surface area contributed by atoms with E-state index in [1.165, 1.54) is 24.3 Å². The van der Waals surface area contributed by atoms with Crippen molar-refractivity contribution in [2.24, 2.45) is 5.41 Å². The first kappa shape index (κ1) is 25.0.